The quantitative estimate of drug-likeness (QED) is 0.258. The largest absolute Gasteiger partial charge is 0.437 e. The van der Waals surface area contributed by atoms with Gasteiger partial charge in [0, 0.05) is 22.9 Å². The number of halogens is 6. The van der Waals surface area contributed by atoms with Crippen molar-refractivity contribution in [2.24, 2.45) is 0 Å². The highest BCUT2D eigenvalue weighted by Gasteiger charge is 2.28. The van der Waals surface area contributed by atoms with Crippen LogP contribution < -0.4 is 10.9 Å². The number of hydrogen-bond acceptors (Lipinski definition) is 4. The number of nitrogens with one attached hydrogen (secondary N) is 2. The third kappa shape index (κ3) is 4.93. The lowest BCUT2D eigenvalue weighted by Gasteiger charge is -2.12. The number of furan rings is 1. The fourth-order valence-electron chi connectivity index (χ4n) is 4.28. The number of aromatic amines is 1. The van der Waals surface area contributed by atoms with Gasteiger partial charge in [0.2, 0.25) is 5.71 Å². The molecular formula is C26H17F6N3O3. The number of benzene rings is 2. The summed E-state index contributed by atoms with van der Waals surface area (Å²) in [5.74, 6) is -1.38. The first-order valence-electron chi connectivity index (χ1n) is 11.3. The van der Waals surface area contributed by atoms with Gasteiger partial charge in [-0.3, -0.25) is 9.59 Å². The molecule has 0 bridgehead atoms. The molecule has 12 heteroatoms. The average molecular weight is 533 g/mol. The van der Waals surface area contributed by atoms with Crippen molar-refractivity contribution in [3.63, 3.8) is 0 Å². The van der Waals surface area contributed by atoms with E-state index < -0.39 is 49.3 Å². The number of pyridine rings is 2. The van der Waals surface area contributed by atoms with Crippen LogP contribution in [0.25, 0.3) is 44.1 Å². The number of nitrogens with zero attached hydrogens (tertiary/aromatic N) is 1. The Morgan fingerprint density at radius 1 is 1.08 bits per heavy atom. The predicted molar refractivity (Wildman–Crippen MR) is 128 cm³/mol. The molecule has 0 unspecified atom stereocenters. The summed E-state index contributed by atoms with van der Waals surface area (Å²) < 4.78 is 83.8. The third-order valence-electron chi connectivity index (χ3n) is 5.96. The van der Waals surface area contributed by atoms with Gasteiger partial charge in [-0.25, -0.2) is 18.2 Å². The zero-order valence-corrected chi connectivity index (χ0v) is 19.3. The second kappa shape index (κ2) is 9.51. The lowest BCUT2D eigenvalue weighted by atomic mass is 9.97. The van der Waals surface area contributed by atoms with E-state index >= 15 is 0 Å². The number of carbonyl (C=O) groups is 1. The molecule has 0 aliphatic heterocycles. The molecule has 0 fully saturated rings. The standard InChI is InChI=1S/C26H17F6N3O3/c27-14-4-5-15-19(9-14)34-24(37)21-17-10-16(12-2-1-3-13(8-12)23(36)33-11-20(28)29)18(6-7-26(30,31)32)35-25(17)38-22(15)21/h1-5,8-10,20H,6-7,11H2,(H,33,36)(H,34,37). The van der Waals surface area contributed by atoms with Crippen molar-refractivity contribution < 1.29 is 35.6 Å². The number of amides is 1. The first-order valence-corrected chi connectivity index (χ1v) is 11.3. The number of aromatic nitrogens is 2. The van der Waals surface area contributed by atoms with Gasteiger partial charge in [-0.15, -0.1) is 0 Å². The molecule has 5 rings (SSSR count). The van der Waals surface area contributed by atoms with Crippen molar-refractivity contribution in [3.8, 4) is 11.1 Å². The van der Waals surface area contributed by atoms with Crippen LogP contribution in [0.5, 0.6) is 0 Å². The number of hydrogen-bond donors (Lipinski definition) is 2. The third-order valence-corrected chi connectivity index (χ3v) is 5.96. The summed E-state index contributed by atoms with van der Waals surface area (Å²) in [6, 6.07) is 10.8. The van der Waals surface area contributed by atoms with Gasteiger partial charge in [0.1, 0.15) is 5.82 Å². The fraction of sp³-hybridized carbons (Fsp3) is 0.192. The van der Waals surface area contributed by atoms with Crippen molar-refractivity contribution in [3.05, 3.63) is 76.0 Å². The summed E-state index contributed by atoms with van der Waals surface area (Å²) in [5, 5.41) is 2.72. The number of H-pyrrole nitrogens is 1. The number of aryl methyl sites for hydroxylation is 1. The first kappa shape index (κ1) is 25.3. The van der Waals surface area contributed by atoms with Gasteiger partial charge in [-0.1, -0.05) is 12.1 Å². The van der Waals surface area contributed by atoms with Crippen LogP contribution in [0.1, 0.15) is 22.5 Å². The van der Waals surface area contributed by atoms with Gasteiger partial charge < -0.3 is 14.7 Å². The smallest absolute Gasteiger partial charge is 0.389 e. The zero-order chi connectivity index (χ0) is 27.2. The summed E-state index contributed by atoms with van der Waals surface area (Å²) in [6.45, 7) is -0.866. The normalized spacial score (nSPS) is 12.2. The van der Waals surface area contributed by atoms with Crippen molar-refractivity contribution in [2.75, 3.05) is 6.54 Å². The minimum absolute atomic E-state index is 0.00735. The second-order valence-corrected chi connectivity index (χ2v) is 8.58. The summed E-state index contributed by atoms with van der Waals surface area (Å²) in [7, 11) is 0. The van der Waals surface area contributed by atoms with Crippen LogP contribution in [0, 0.1) is 5.82 Å². The molecule has 1 amide bonds. The highest BCUT2D eigenvalue weighted by atomic mass is 19.4. The monoisotopic (exact) mass is 533 g/mol. The second-order valence-electron chi connectivity index (χ2n) is 8.58. The maximum absolute atomic E-state index is 13.7. The van der Waals surface area contributed by atoms with Crippen LogP contribution in [-0.2, 0) is 6.42 Å². The Bertz CT molecular complexity index is 1760. The molecule has 0 saturated heterocycles. The van der Waals surface area contributed by atoms with E-state index in [4.69, 9.17) is 4.42 Å². The van der Waals surface area contributed by atoms with Crippen molar-refractivity contribution >= 4 is 38.9 Å². The average Bonchev–Trinajstić information content (AvgIpc) is 3.24. The maximum Gasteiger partial charge on any atom is 0.389 e. The molecule has 0 aliphatic rings. The van der Waals surface area contributed by atoms with E-state index in [1.807, 2.05) is 0 Å². The minimum atomic E-state index is -4.49. The van der Waals surface area contributed by atoms with E-state index in [9.17, 15) is 35.9 Å². The Labute approximate surface area is 209 Å². The molecule has 3 aromatic heterocycles. The van der Waals surface area contributed by atoms with E-state index in [-0.39, 0.29) is 50.0 Å². The number of fused-ring (bicyclic) bond motifs is 5. The molecule has 0 saturated carbocycles. The van der Waals surface area contributed by atoms with Gasteiger partial charge in [0.05, 0.1) is 28.5 Å². The van der Waals surface area contributed by atoms with E-state index in [1.165, 1.54) is 42.5 Å². The van der Waals surface area contributed by atoms with Crippen molar-refractivity contribution in [2.45, 2.75) is 25.4 Å². The lowest BCUT2D eigenvalue weighted by molar-refractivity contribution is -0.134. The van der Waals surface area contributed by atoms with E-state index in [0.717, 1.165) is 6.07 Å². The number of alkyl halides is 5. The Morgan fingerprint density at radius 3 is 2.61 bits per heavy atom. The SMILES string of the molecule is O=C(NCC(F)F)c1cccc(-c2cc3c(nc2CCC(F)(F)F)oc2c4ccc(F)cc4[nH]c(=O)c32)c1. The Kier molecular flexibility index (Phi) is 6.33. The van der Waals surface area contributed by atoms with E-state index in [2.05, 4.69) is 15.3 Å². The van der Waals surface area contributed by atoms with Crippen LogP contribution in [0.2, 0.25) is 0 Å². The molecule has 0 radical (unpaired) electrons. The molecule has 0 spiro atoms. The predicted octanol–water partition coefficient (Wildman–Crippen LogP) is 6.12. The molecule has 3 heterocycles. The number of carbonyl (C=O) groups excluding carboxylic acids is 1. The Morgan fingerprint density at radius 2 is 1.87 bits per heavy atom. The number of rotatable bonds is 6. The maximum atomic E-state index is 13.7. The molecule has 6 nitrogen and oxygen atoms in total. The molecule has 5 aromatic rings. The van der Waals surface area contributed by atoms with Gasteiger partial charge in [-0.05, 0) is 48.4 Å². The molecule has 2 aromatic carbocycles. The molecule has 38 heavy (non-hydrogen) atoms. The van der Waals surface area contributed by atoms with Gasteiger partial charge in [0.15, 0.2) is 5.58 Å². The summed E-state index contributed by atoms with van der Waals surface area (Å²) in [4.78, 5) is 32.1. The van der Waals surface area contributed by atoms with Gasteiger partial charge in [0.25, 0.3) is 17.9 Å². The van der Waals surface area contributed by atoms with Crippen LogP contribution in [-0.4, -0.2) is 35.0 Å². The van der Waals surface area contributed by atoms with E-state index in [0.29, 0.717) is 5.39 Å². The van der Waals surface area contributed by atoms with Crippen LogP contribution in [0.4, 0.5) is 26.3 Å². The summed E-state index contributed by atoms with van der Waals surface area (Å²) >= 11 is 0. The highest BCUT2D eigenvalue weighted by Crippen LogP contribution is 2.36. The molecule has 2 N–H and O–H groups in total. The summed E-state index contributed by atoms with van der Waals surface area (Å²) in [5.41, 5.74) is 0.0361. The lowest BCUT2D eigenvalue weighted by Crippen LogP contribution is -2.28. The zero-order valence-electron chi connectivity index (χ0n) is 19.3. The first-order chi connectivity index (χ1) is 18.0. The minimum Gasteiger partial charge on any atom is -0.437 e. The van der Waals surface area contributed by atoms with Gasteiger partial charge >= 0.3 is 6.18 Å². The highest BCUT2D eigenvalue weighted by molar-refractivity contribution is 6.13. The van der Waals surface area contributed by atoms with Crippen LogP contribution >= 0.6 is 0 Å². The molecule has 0 aliphatic carbocycles. The molecule has 196 valence electrons. The van der Waals surface area contributed by atoms with Crippen LogP contribution in [0.3, 0.4) is 0 Å². The van der Waals surface area contributed by atoms with Crippen molar-refractivity contribution in [1.82, 2.24) is 15.3 Å². The van der Waals surface area contributed by atoms with Gasteiger partial charge in [-0.2, -0.15) is 13.2 Å². The Hall–Kier alpha value is -4.35. The Balaban J connectivity index is 1.71. The fourth-order valence-corrected chi connectivity index (χ4v) is 4.28. The molecular weight excluding hydrogens is 516 g/mol. The van der Waals surface area contributed by atoms with Crippen LogP contribution in [0.15, 0.2) is 57.7 Å². The van der Waals surface area contributed by atoms with E-state index in [1.54, 1.807) is 0 Å². The topological polar surface area (TPSA) is 88.0 Å². The van der Waals surface area contributed by atoms with Crippen molar-refractivity contribution in [1.29, 1.82) is 0 Å². The molecule has 0 atom stereocenters. The summed E-state index contributed by atoms with van der Waals surface area (Å²) in [6.07, 6.45) is -8.98.